The third kappa shape index (κ3) is 7.98. The van der Waals surface area contributed by atoms with Gasteiger partial charge in [-0.1, -0.05) is 64.7 Å². The molecule has 1 unspecified atom stereocenters. The second-order valence-corrected chi connectivity index (χ2v) is 10.3. The average Bonchev–Trinajstić information content (AvgIpc) is 3.21. The number of hydrogen-bond donors (Lipinski definition) is 1. The van der Waals surface area contributed by atoms with Gasteiger partial charge >= 0.3 is 0 Å². The second kappa shape index (κ2) is 14.1. The Labute approximate surface area is 197 Å². The van der Waals surface area contributed by atoms with E-state index in [1.54, 1.807) is 0 Å². The van der Waals surface area contributed by atoms with Gasteiger partial charge in [0.25, 0.3) is 0 Å². The second-order valence-electron chi connectivity index (χ2n) is 10.3. The summed E-state index contributed by atoms with van der Waals surface area (Å²) in [7, 11) is 2.20. The van der Waals surface area contributed by atoms with Crippen molar-refractivity contribution in [3.05, 3.63) is 17.1 Å². The summed E-state index contributed by atoms with van der Waals surface area (Å²) in [6.45, 7) is 6.51. The maximum Gasteiger partial charge on any atom is 0.149 e. The molecule has 32 heavy (non-hydrogen) atoms. The highest BCUT2D eigenvalue weighted by molar-refractivity contribution is 5.50. The van der Waals surface area contributed by atoms with E-state index in [1.165, 1.54) is 107 Å². The minimum Gasteiger partial charge on any atom is -0.356 e. The summed E-state index contributed by atoms with van der Waals surface area (Å²) >= 11 is 0. The van der Waals surface area contributed by atoms with E-state index in [-0.39, 0.29) is 6.04 Å². The number of unbranched alkanes of at least 4 members (excludes halogenated alkanes) is 6. The van der Waals surface area contributed by atoms with E-state index in [1.807, 2.05) is 0 Å². The van der Waals surface area contributed by atoms with Gasteiger partial charge in [-0.15, -0.1) is 0 Å². The Morgan fingerprint density at radius 3 is 2.25 bits per heavy atom. The first-order valence-corrected chi connectivity index (χ1v) is 13.8. The Morgan fingerprint density at radius 2 is 1.50 bits per heavy atom. The number of hydrogen-bond acceptors (Lipinski definition) is 5. The SMILES string of the molecule is CCCCCCCCCN(C)CC(N)c1nc2c(c(N3CCCCCC3)n1)CCCCC2. The van der Waals surface area contributed by atoms with Gasteiger partial charge in [-0.2, -0.15) is 0 Å². The van der Waals surface area contributed by atoms with E-state index in [0.29, 0.717) is 0 Å². The van der Waals surface area contributed by atoms with Crippen molar-refractivity contribution >= 4 is 5.82 Å². The molecule has 0 aromatic carbocycles. The summed E-state index contributed by atoms with van der Waals surface area (Å²) in [5.74, 6) is 2.09. The molecule has 182 valence electrons. The molecule has 0 radical (unpaired) electrons. The molecule has 0 bridgehead atoms. The van der Waals surface area contributed by atoms with Gasteiger partial charge in [-0.05, 0) is 58.5 Å². The zero-order chi connectivity index (χ0) is 22.6. The number of nitrogens with two attached hydrogens (primary N) is 1. The molecule has 1 fully saturated rings. The number of aryl methyl sites for hydroxylation is 1. The molecule has 0 spiro atoms. The van der Waals surface area contributed by atoms with Crippen LogP contribution in [0.5, 0.6) is 0 Å². The van der Waals surface area contributed by atoms with Gasteiger partial charge in [0.15, 0.2) is 0 Å². The predicted molar refractivity (Wildman–Crippen MR) is 136 cm³/mol. The molecule has 2 aliphatic rings. The molecule has 1 aliphatic heterocycles. The summed E-state index contributed by atoms with van der Waals surface area (Å²) < 4.78 is 0. The van der Waals surface area contributed by atoms with Crippen LogP contribution in [0.4, 0.5) is 5.82 Å². The molecule has 5 heteroatoms. The Bertz CT molecular complexity index is 654. The van der Waals surface area contributed by atoms with Crippen molar-refractivity contribution in [3.63, 3.8) is 0 Å². The fraction of sp³-hybridized carbons (Fsp3) is 0.852. The van der Waals surface area contributed by atoms with Crippen molar-refractivity contribution in [2.24, 2.45) is 5.73 Å². The first-order valence-electron chi connectivity index (χ1n) is 13.8. The maximum absolute atomic E-state index is 6.70. The number of rotatable bonds is 12. The van der Waals surface area contributed by atoms with Crippen molar-refractivity contribution in [3.8, 4) is 0 Å². The first-order chi connectivity index (χ1) is 15.7. The van der Waals surface area contributed by atoms with Crippen LogP contribution in [-0.2, 0) is 12.8 Å². The highest BCUT2D eigenvalue weighted by atomic mass is 15.2. The van der Waals surface area contributed by atoms with Gasteiger partial charge in [0, 0.05) is 30.9 Å². The molecule has 1 aromatic heterocycles. The van der Waals surface area contributed by atoms with Gasteiger partial charge in [0.1, 0.15) is 11.6 Å². The number of aromatic nitrogens is 2. The molecule has 0 amide bonds. The molecular weight excluding hydrogens is 394 g/mol. The number of fused-ring (bicyclic) bond motifs is 1. The van der Waals surface area contributed by atoms with E-state index in [4.69, 9.17) is 15.7 Å². The molecule has 3 rings (SSSR count). The van der Waals surface area contributed by atoms with E-state index in [2.05, 4.69) is 23.8 Å². The third-order valence-corrected chi connectivity index (χ3v) is 7.32. The predicted octanol–water partition coefficient (Wildman–Crippen LogP) is 5.81. The molecule has 5 nitrogen and oxygen atoms in total. The zero-order valence-electron chi connectivity index (χ0n) is 21.1. The van der Waals surface area contributed by atoms with Crippen LogP contribution in [0.2, 0.25) is 0 Å². The topological polar surface area (TPSA) is 58.3 Å². The first kappa shape index (κ1) is 25.4. The van der Waals surface area contributed by atoms with Crippen LogP contribution in [0.1, 0.15) is 120 Å². The number of likely N-dealkylation sites (N-methyl/N-ethyl adjacent to an activating group) is 1. The van der Waals surface area contributed by atoms with Crippen molar-refractivity contribution in [1.29, 1.82) is 0 Å². The lowest BCUT2D eigenvalue weighted by molar-refractivity contribution is 0.299. The van der Waals surface area contributed by atoms with Crippen LogP contribution < -0.4 is 10.6 Å². The Hall–Kier alpha value is -1.20. The number of nitrogens with zero attached hydrogens (tertiary/aromatic N) is 4. The van der Waals surface area contributed by atoms with Gasteiger partial charge in [0.05, 0.1) is 6.04 Å². The van der Waals surface area contributed by atoms with Gasteiger partial charge in [-0.3, -0.25) is 0 Å². The van der Waals surface area contributed by atoms with Gasteiger partial charge < -0.3 is 15.5 Å². The lowest BCUT2D eigenvalue weighted by atomic mass is 10.1. The zero-order valence-corrected chi connectivity index (χ0v) is 21.1. The standard InChI is InChI=1S/C27H49N5/c1-3-4-5-6-7-8-14-19-31(2)22-24(28)26-29-25-18-13-11-12-17-23(25)27(30-26)32-20-15-9-10-16-21-32/h24H,3-22,28H2,1-2H3. The van der Waals surface area contributed by atoms with Crippen molar-refractivity contribution < 1.29 is 0 Å². The van der Waals surface area contributed by atoms with Crippen molar-refractivity contribution in [2.45, 2.75) is 116 Å². The van der Waals surface area contributed by atoms with E-state index in [0.717, 1.165) is 44.8 Å². The minimum atomic E-state index is -0.108. The van der Waals surface area contributed by atoms with Gasteiger partial charge in [-0.25, -0.2) is 9.97 Å². The summed E-state index contributed by atoms with van der Waals surface area (Å²) in [5, 5.41) is 0. The monoisotopic (exact) mass is 443 g/mol. The van der Waals surface area contributed by atoms with E-state index < -0.39 is 0 Å². The average molecular weight is 444 g/mol. The van der Waals surface area contributed by atoms with E-state index >= 15 is 0 Å². The highest BCUT2D eigenvalue weighted by Gasteiger charge is 2.24. The lowest BCUT2D eigenvalue weighted by Gasteiger charge is -2.27. The fourth-order valence-electron chi connectivity index (χ4n) is 5.33. The molecule has 0 saturated carbocycles. The Kier molecular flexibility index (Phi) is 11.2. The quantitative estimate of drug-likeness (QED) is 0.326. The van der Waals surface area contributed by atoms with Crippen LogP contribution in [0.25, 0.3) is 0 Å². The smallest absolute Gasteiger partial charge is 0.149 e. The summed E-state index contributed by atoms with van der Waals surface area (Å²) in [6, 6.07) is -0.108. The van der Waals surface area contributed by atoms with Crippen LogP contribution in [0.3, 0.4) is 0 Å². The molecule has 1 atom stereocenters. The molecule has 1 aliphatic carbocycles. The summed E-state index contributed by atoms with van der Waals surface area (Å²) in [4.78, 5) is 15.1. The molecular formula is C27H49N5. The summed E-state index contributed by atoms with van der Waals surface area (Å²) in [5.41, 5.74) is 9.41. The van der Waals surface area contributed by atoms with Gasteiger partial charge in [0.2, 0.25) is 0 Å². The van der Waals surface area contributed by atoms with Crippen LogP contribution >= 0.6 is 0 Å². The highest BCUT2D eigenvalue weighted by Crippen LogP contribution is 2.30. The molecule has 1 saturated heterocycles. The maximum atomic E-state index is 6.70. The summed E-state index contributed by atoms with van der Waals surface area (Å²) in [6.07, 6.45) is 20.7. The molecule has 2 N–H and O–H groups in total. The van der Waals surface area contributed by atoms with Crippen LogP contribution in [0, 0.1) is 0 Å². The van der Waals surface area contributed by atoms with Crippen molar-refractivity contribution in [2.75, 3.05) is 38.1 Å². The van der Waals surface area contributed by atoms with Crippen LogP contribution in [0.15, 0.2) is 0 Å². The minimum absolute atomic E-state index is 0.108. The lowest BCUT2D eigenvalue weighted by Crippen LogP contribution is -2.33. The number of anilines is 1. The normalized spacial score (nSPS) is 18.3. The third-order valence-electron chi connectivity index (χ3n) is 7.32. The Morgan fingerprint density at radius 1 is 0.844 bits per heavy atom. The largest absolute Gasteiger partial charge is 0.356 e. The molecule has 2 heterocycles. The van der Waals surface area contributed by atoms with Crippen molar-refractivity contribution in [1.82, 2.24) is 14.9 Å². The fourth-order valence-corrected chi connectivity index (χ4v) is 5.33. The van der Waals surface area contributed by atoms with E-state index in [9.17, 15) is 0 Å². The van der Waals surface area contributed by atoms with Crippen LogP contribution in [-0.4, -0.2) is 48.1 Å². The Balaban J connectivity index is 1.60. The molecule has 1 aromatic rings.